The molecule has 0 amide bonds. The molecular formula is C15H29N3. The lowest BCUT2D eigenvalue weighted by Gasteiger charge is -2.41. The molecule has 2 N–H and O–H groups in total. The summed E-state index contributed by atoms with van der Waals surface area (Å²) < 4.78 is 0. The van der Waals surface area contributed by atoms with Gasteiger partial charge in [-0.1, -0.05) is 6.92 Å². The maximum absolute atomic E-state index is 6.40. The zero-order valence-electron chi connectivity index (χ0n) is 12.0. The second-order valence-corrected chi connectivity index (χ2v) is 6.98. The Bertz CT molecular complexity index is 293. The first-order valence-electron chi connectivity index (χ1n) is 7.86. The molecule has 3 fully saturated rings. The van der Waals surface area contributed by atoms with Gasteiger partial charge in [-0.05, 0) is 51.5 Å². The summed E-state index contributed by atoms with van der Waals surface area (Å²) in [4.78, 5) is 5.37. The minimum absolute atomic E-state index is 0.420. The van der Waals surface area contributed by atoms with Crippen LogP contribution in [0.5, 0.6) is 0 Å². The number of fused-ring (bicyclic) bond motifs is 2. The topological polar surface area (TPSA) is 32.5 Å². The van der Waals surface area contributed by atoms with Crippen molar-refractivity contribution >= 4 is 0 Å². The molecule has 5 unspecified atom stereocenters. The predicted octanol–water partition coefficient (Wildman–Crippen LogP) is 1.67. The van der Waals surface area contributed by atoms with Crippen LogP contribution >= 0.6 is 0 Å². The Morgan fingerprint density at radius 2 is 1.78 bits per heavy atom. The van der Waals surface area contributed by atoms with Gasteiger partial charge in [0, 0.05) is 37.3 Å². The Morgan fingerprint density at radius 1 is 1.00 bits per heavy atom. The van der Waals surface area contributed by atoms with E-state index in [2.05, 4.69) is 23.8 Å². The fourth-order valence-corrected chi connectivity index (χ4v) is 4.43. The highest BCUT2D eigenvalue weighted by Crippen LogP contribution is 2.33. The van der Waals surface area contributed by atoms with Crippen molar-refractivity contribution in [2.75, 3.05) is 20.1 Å². The predicted molar refractivity (Wildman–Crippen MR) is 75.5 cm³/mol. The molecule has 0 spiro atoms. The van der Waals surface area contributed by atoms with Crippen LogP contribution in [0.25, 0.3) is 0 Å². The van der Waals surface area contributed by atoms with E-state index in [1.165, 1.54) is 51.6 Å². The van der Waals surface area contributed by atoms with E-state index in [1.54, 1.807) is 0 Å². The summed E-state index contributed by atoms with van der Waals surface area (Å²) in [6.45, 7) is 4.93. The second kappa shape index (κ2) is 5.10. The summed E-state index contributed by atoms with van der Waals surface area (Å²) in [5.74, 6) is 0.868. The number of likely N-dealkylation sites (tertiary alicyclic amines) is 1. The van der Waals surface area contributed by atoms with Gasteiger partial charge in [-0.15, -0.1) is 0 Å². The molecule has 18 heavy (non-hydrogen) atoms. The van der Waals surface area contributed by atoms with Gasteiger partial charge in [-0.2, -0.15) is 0 Å². The van der Waals surface area contributed by atoms with Gasteiger partial charge in [0.2, 0.25) is 0 Å². The molecular weight excluding hydrogens is 222 g/mol. The van der Waals surface area contributed by atoms with Crippen molar-refractivity contribution in [1.29, 1.82) is 0 Å². The van der Waals surface area contributed by atoms with Gasteiger partial charge in [0.1, 0.15) is 0 Å². The van der Waals surface area contributed by atoms with Gasteiger partial charge in [0.05, 0.1) is 0 Å². The highest BCUT2D eigenvalue weighted by molar-refractivity contribution is 4.96. The SMILES string of the molecule is CC1CCC(N)C(N2CCC3CCC(C2)N3C)C1. The van der Waals surface area contributed by atoms with Gasteiger partial charge >= 0.3 is 0 Å². The van der Waals surface area contributed by atoms with Crippen molar-refractivity contribution in [1.82, 2.24) is 9.80 Å². The fourth-order valence-electron chi connectivity index (χ4n) is 4.43. The van der Waals surface area contributed by atoms with Crippen LogP contribution in [-0.4, -0.2) is 54.1 Å². The fraction of sp³-hybridized carbons (Fsp3) is 1.00. The molecule has 0 aromatic carbocycles. The number of likely N-dealkylation sites (N-methyl/N-ethyl adjacent to an activating group) is 1. The number of hydrogen-bond donors (Lipinski definition) is 1. The molecule has 2 saturated heterocycles. The zero-order chi connectivity index (χ0) is 12.7. The maximum atomic E-state index is 6.40. The van der Waals surface area contributed by atoms with Crippen LogP contribution in [0.2, 0.25) is 0 Å². The largest absolute Gasteiger partial charge is 0.326 e. The lowest BCUT2D eigenvalue weighted by molar-refractivity contribution is 0.105. The third-order valence-electron chi connectivity index (χ3n) is 5.78. The molecule has 5 atom stereocenters. The molecule has 2 heterocycles. The summed E-state index contributed by atoms with van der Waals surface area (Å²) in [7, 11) is 2.33. The standard InChI is InChI=1S/C15H29N3/c1-11-3-6-14(16)15(9-11)18-8-7-12-4-5-13(10-18)17(12)2/h11-15H,3-10,16H2,1-2H3. The van der Waals surface area contributed by atoms with E-state index >= 15 is 0 Å². The molecule has 1 saturated carbocycles. The first-order valence-corrected chi connectivity index (χ1v) is 7.86. The number of rotatable bonds is 1. The summed E-state index contributed by atoms with van der Waals surface area (Å²) in [6, 6.07) is 2.71. The third-order valence-corrected chi connectivity index (χ3v) is 5.78. The van der Waals surface area contributed by atoms with Crippen LogP contribution < -0.4 is 5.73 Å². The quantitative estimate of drug-likeness (QED) is 0.769. The average molecular weight is 251 g/mol. The molecule has 1 aliphatic carbocycles. The molecule has 0 aromatic rings. The molecule has 2 aliphatic heterocycles. The first-order chi connectivity index (χ1) is 8.65. The van der Waals surface area contributed by atoms with E-state index in [9.17, 15) is 0 Å². The molecule has 3 heteroatoms. The summed E-state index contributed by atoms with van der Waals surface area (Å²) in [5.41, 5.74) is 6.40. The number of nitrogens with zero attached hydrogens (tertiary/aromatic N) is 2. The molecule has 0 aromatic heterocycles. The third kappa shape index (κ3) is 2.33. The van der Waals surface area contributed by atoms with Crippen LogP contribution in [0, 0.1) is 5.92 Å². The Hall–Kier alpha value is -0.120. The average Bonchev–Trinajstić information content (AvgIpc) is 2.57. The summed E-state index contributed by atoms with van der Waals surface area (Å²) in [5, 5.41) is 0. The van der Waals surface area contributed by atoms with Crippen molar-refractivity contribution in [2.24, 2.45) is 11.7 Å². The number of hydrogen-bond acceptors (Lipinski definition) is 3. The maximum Gasteiger partial charge on any atom is 0.0250 e. The minimum atomic E-state index is 0.420. The second-order valence-electron chi connectivity index (χ2n) is 6.98. The van der Waals surface area contributed by atoms with Gasteiger partial charge in [0.15, 0.2) is 0 Å². The van der Waals surface area contributed by atoms with Crippen LogP contribution in [0.15, 0.2) is 0 Å². The van der Waals surface area contributed by atoms with Gasteiger partial charge in [-0.3, -0.25) is 9.80 Å². The minimum Gasteiger partial charge on any atom is -0.326 e. The molecule has 2 bridgehead atoms. The summed E-state index contributed by atoms with van der Waals surface area (Å²) in [6.07, 6.45) is 8.05. The number of nitrogens with two attached hydrogens (primary N) is 1. The van der Waals surface area contributed by atoms with Crippen LogP contribution in [0.3, 0.4) is 0 Å². The Balaban J connectivity index is 1.68. The van der Waals surface area contributed by atoms with Crippen molar-refractivity contribution in [3.63, 3.8) is 0 Å². The Morgan fingerprint density at radius 3 is 2.61 bits per heavy atom. The van der Waals surface area contributed by atoms with E-state index in [4.69, 9.17) is 5.73 Å². The molecule has 0 radical (unpaired) electrons. The Kier molecular flexibility index (Phi) is 3.65. The lowest BCUT2D eigenvalue weighted by Crippen LogP contribution is -2.53. The molecule has 3 nitrogen and oxygen atoms in total. The summed E-state index contributed by atoms with van der Waals surface area (Å²) >= 11 is 0. The lowest BCUT2D eigenvalue weighted by atomic mass is 9.82. The molecule has 3 rings (SSSR count). The van der Waals surface area contributed by atoms with Crippen LogP contribution in [0.1, 0.15) is 45.4 Å². The van der Waals surface area contributed by atoms with Gasteiger partial charge < -0.3 is 5.73 Å². The first kappa shape index (κ1) is 12.9. The Labute approximate surface area is 112 Å². The molecule has 104 valence electrons. The van der Waals surface area contributed by atoms with Crippen LogP contribution in [-0.2, 0) is 0 Å². The van der Waals surface area contributed by atoms with E-state index in [0.29, 0.717) is 12.1 Å². The highest BCUT2D eigenvalue weighted by Gasteiger charge is 2.39. The van der Waals surface area contributed by atoms with Gasteiger partial charge in [0.25, 0.3) is 0 Å². The highest BCUT2D eigenvalue weighted by atomic mass is 15.3. The van der Waals surface area contributed by atoms with Crippen LogP contribution in [0.4, 0.5) is 0 Å². The van der Waals surface area contributed by atoms with Crippen molar-refractivity contribution < 1.29 is 0 Å². The smallest absolute Gasteiger partial charge is 0.0250 e. The van der Waals surface area contributed by atoms with Crippen molar-refractivity contribution in [2.45, 2.75) is 69.6 Å². The van der Waals surface area contributed by atoms with E-state index in [0.717, 1.165) is 18.0 Å². The zero-order valence-corrected chi connectivity index (χ0v) is 12.0. The van der Waals surface area contributed by atoms with E-state index < -0.39 is 0 Å². The van der Waals surface area contributed by atoms with Crippen molar-refractivity contribution in [3.8, 4) is 0 Å². The molecule has 3 aliphatic rings. The monoisotopic (exact) mass is 251 g/mol. The van der Waals surface area contributed by atoms with Crippen molar-refractivity contribution in [3.05, 3.63) is 0 Å². The van der Waals surface area contributed by atoms with E-state index in [-0.39, 0.29) is 0 Å². The van der Waals surface area contributed by atoms with E-state index in [1.807, 2.05) is 0 Å². The normalized spacial score (nSPS) is 47.2. The van der Waals surface area contributed by atoms with Gasteiger partial charge in [-0.25, -0.2) is 0 Å².